The number of carbonyl (C=O) groups excluding carboxylic acids is 1. The highest BCUT2D eigenvalue weighted by Gasteiger charge is 2.36. The van der Waals surface area contributed by atoms with Gasteiger partial charge >= 0.3 is 0 Å². The molecule has 176 valence electrons. The van der Waals surface area contributed by atoms with Gasteiger partial charge in [-0.3, -0.25) is 14.5 Å². The first-order chi connectivity index (χ1) is 16.1. The first kappa shape index (κ1) is 22.3. The van der Waals surface area contributed by atoms with Gasteiger partial charge < -0.3 is 18.9 Å². The number of fused-ring (bicyclic) bond motifs is 4. The Hall–Kier alpha value is -2.48. The molecule has 2 saturated heterocycles. The van der Waals surface area contributed by atoms with E-state index in [1.54, 1.807) is 7.11 Å². The first-order valence-corrected chi connectivity index (χ1v) is 12.0. The summed E-state index contributed by atoms with van der Waals surface area (Å²) in [5, 5.41) is 0. The van der Waals surface area contributed by atoms with Gasteiger partial charge in [-0.15, -0.1) is 0 Å². The lowest BCUT2D eigenvalue weighted by Crippen LogP contribution is -2.49. The molecule has 3 aliphatic rings. The standard InChI is InChI=1S/C26H33N3O4/c1-32-11-8-25(30)28-15-19-14-21(18-28)24-7-6-23(26(31)29(24)16-19)22-5-3-2-4-20(22)17-27-9-12-33-13-10-27/h2-7,19,21H,8-18H2,1H3/t19-,21-/m1/s1. The first-order valence-electron chi connectivity index (χ1n) is 12.0. The van der Waals surface area contributed by atoms with Crippen molar-refractivity contribution in [3.05, 3.63) is 58.0 Å². The summed E-state index contributed by atoms with van der Waals surface area (Å²) in [6.07, 6.45) is 1.46. The molecule has 2 atom stereocenters. The summed E-state index contributed by atoms with van der Waals surface area (Å²) < 4.78 is 12.5. The van der Waals surface area contributed by atoms with Gasteiger partial charge in [-0.2, -0.15) is 0 Å². The minimum Gasteiger partial charge on any atom is -0.384 e. The zero-order valence-corrected chi connectivity index (χ0v) is 19.4. The summed E-state index contributed by atoms with van der Waals surface area (Å²) >= 11 is 0. The van der Waals surface area contributed by atoms with E-state index in [4.69, 9.17) is 9.47 Å². The average molecular weight is 452 g/mol. The molecule has 4 heterocycles. The van der Waals surface area contributed by atoms with Crippen LogP contribution in [0.25, 0.3) is 11.1 Å². The zero-order chi connectivity index (χ0) is 22.8. The van der Waals surface area contributed by atoms with Crippen molar-refractivity contribution in [2.75, 3.05) is 53.1 Å². The smallest absolute Gasteiger partial charge is 0.258 e. The van der Waals surface area contributed by atoms with Gasteiger partial charge in [0.05, 0.1) is 26.2 Å². The van der Waals surface area contributed by atoms with Crippen molar-refractivity contribution in [2.24, 2.45) is 5.92 Å². The Kier molecular flexibility index (Phi) is 6.62. The molecule has 7 nitrogen and oxygen atoms in total. The van der Waals surface area contributed by atoms with Crippen LogP contribution in [0.4, 0.5) is 0 Å². The largest absolute Gasteiger partial charge is 0.384 e. The molecule has 0 saturated carbocycles. The Morgan fingerprint density at radius 3 is 2.70 bits per heavy atom. The monoisotopic (exact) mass is 451 g/mol. The molecule has 0 radical (unpaired) electrons. The van der Waals surface area contributed by atoms with Gasteiger partial charge in [0.2, 0.25) is 5.91 Å². The van der Waals surface area contributed by atoms with E-state index in [9.17, 15) is 9.59 Å². The second-order valence-electron chi connectivity index (χ2n) is 9.47. The molecule has 2 bridgehead atoms. The van der Waals surface area contributed by atoms with E-state index >= 15 is 0 Å². The lowest BCUT2D eigenvalue weighted by Gasteiger charge is -2.43. The number of morpholine rings is 1. The third-order valence-corrected chi connectivity index (χ3v) is 7.28. The maximum Gasteiger partial charge on any atom is 0.258 e. The number of methoxy groups -OCH3 is 1. The minimum atomic E-state index is 0.0933. The van der Waals surface area contributed by atoms with Gasteiger partial charge in [0, 0.05) is 63.6 Å². The van der Waals surface area contributed by atoms with Gasteiger partial charge in [0.15, 0.2) is 0 Å². The molecular weight excluding hydrogens is 418 g/mol. The van der Waals surface area contributed by atoms with E-state index in [-0.39, 0.29) is 17.4 Å². The molecule has 1 amide bonds. The zero-order valence-electron chi connectivity index (χ0n) is 19.4. The second kappa shape index (κ2) is 9.79. The Labute approximate surface area is 194 Å². The van der Waals surface area contributed by atoms with E-state index in [1.807, 2.05) is 21.6 Å². The second-order valence-corrected chi connectivity index (χ2v) is 9.47. The number of rotatable bonds is 6. The highest BCUT2D eigenvalue weighted by molar-refractivity contribution is 5.76. The molecule has 5 rings (SSSR count). The molecule has 33 heavy (non-hydrogen) atoms. The molecule has 0 aliphatic carbocycles. The summed E-state index contributed by atoms with van der Waals surface area (Å²) in [4.78, 5) is 30.6. The lowest BCUT2D eigenvalue weighted by atomic mass is 9.82. The predicted octanol–water partition coefficient (Wildman–Crippen LogP) is 2.33. The van der Waals surface area contributed by atoms with E-state index in [0.717, 1.165) is 62.6 Å². The molecule has 7 heteroatoms. The number of aromatic nitrogens is 1. The number of ether oxygens (including phenoxy) is 2. The minimum absolute atomic E-state index is 0.0933. The van der Waals surface area contributed by atoms with Gasteiger partial charge in [0.1, 0.15) is 0 Å². The fourth-order valence-corrected chi connectivity index (χ4v) is 5.62. The molecule has 1 aromatic carbocycles. The molecule has 1 aromatic heterocycles. The Morgan fingerprint density at radius 1 is 1.06 bits per heavy atom. The van der Waals surface area contributed by atoms with Crippen LogP contribution in [0.2, 0.25) is 0 Å². The van der Waals surface area contributed by atoms with Crippen LogP contribution in [0.1, 0.15) is 30.0 Å². The summed E-state index contributed by atoms with van der Waals surface area (Å²) in [6, 6.07) is 12.4. The lowest BCUT2D eigenvalue weighted by molar-refractivity contribution is -0.134. The summed E-state index contributed by atoms with van der Waals surface area (Å²) in [7, 11) is 1.62. The van der Waals surface area contributed by atoms with Gasteiger partial charge in [-0.05, 0) is 35.6 Å². The number of hydrogen-bond donors (Lipinski definition) is 0. The van der Waals surface area contributed by atoms with Crippen LogP contribution in [0.15, 0.2) is 41.2 Å². The van der Waals surface area contributed by atoms with Crippen molar-refractivity contribution >= 4 is 5.91 Å². The van der Waals surface area contributed by atoms with Crippen molar-refractivity contribution in [3.63, 3.8) is 0 Å². The van der Waals surface area contributed by atoms with Crippen LogP contribution in [-0.4, -0.2) is 73.4 Å². The number of nitrogens with zero attached hydrogens (tertiary/aromatic N) is 3. The van der Waals surface area contributed by atoms with E-state index in [0.29, 0.717) is 32.0 Å². The van der Waals surface area contributed by atoms with E-state index in [1.165, 1.54) is 5.56 Å². The molecular formula is C26H33N3O4. The van der Waals surface area contributed by atoms with Crippen molar-refractivity contribution in [3.8, 4) is 11.1 Å². The van der Waals surface area contributed by atoms with Crippen LogP contribution < -0.4 is 5.56 Å². The summed E-state index contributed by atoms with van der Waals surface area (Å²) in [5.41, 5.74) is 4.14. The molecule has 0 spiro atoms. The normalized spacial score (nSPS) is 22.8. The molecule has 3 aliphatic heterocycles. The molecule has 2 fully saturated rings. The summed E-state index contributed by atoms with van der Waals surface area (Å²) in [6.45, 7) is 6.72. The molecule has 2 aromatic rings. The number of pyridine rings is 1. The van der Waals surface area contributed by atoms with Gasteiger partial charge in [-0.1, -0.05) is 24.3 Å². The van der Waals surface area contributed by atoms with Gasteiger partial charge in [0.25, 0.3) is 5.56 Å². The van der Waals surface area contributed by atoms with Crippen molar-refractivity contribution < 1.29 is 14.3 Å². The Balaban J connectivity index is 1.41. The van der Waals surface area contributed by atoms with Gasteiger partial charge in [-0.25, -0.2) is 0 Å². The van der Waals surface area contributed by atoms with Crippen molar-refractivity contribution in [2.45, 2.75) is 31.8 Å². The third-order valence-electron chi connectivity index (χ3n) is 7.28. The van der Waals surface area contributed by atoms with Crippen LogP contribution in [0.5, 0.6) is 0 Å². The Bertz CT molecular complexity index is 1060. The molecule has 0 N–H and O–H groups in total. The van der Waals surface area contributed by atoms with E-state index < -0.39 is 0 Å². The van der Waals surface area contributed by atoms with Crippen LogP contribution in [0.3, 0.4) is 0 Å². The van der Waals surface area contributed by atoms with E-state index in [2.05, 4.69) is 29.2 Å². The highest BCUT2D eigenvalue weighted by atomic mass is 16.5. The fourth-order valence-electron chi connectivity index (χ4n) is 5.62. The van der Waals surface area contributed by atoms with Crippen LogP contribution in [0, 0.1) is 5.92 Å². The topological polar surface area (TPSA) is 64.0 Å². The number of piperidine rings is 1. The quantitative estimate of drug-likeness (QED) is 0.675. The maximum atomic E-state index is 13.7. The van der Waals surface area contributed by atoms with Crippen molar-refractivity contribution in [1.29, 1.82) is 0 Å². The predicted molar refractivity (Wildman–Crippen MR) is 126 cm³/mol. The fraction of sp³-hybridized carbons (Fsp3) is 0.538. The van der Waals surface area contributed by atoms with Crippen molar-refractivity contribution in [1.82, 2.24) is 14.4 Å². The number of benzene rings is 1. The number of likely N-dealkylation sites (tertiary alicyclic amines) is 1. The summed E-state index contributed by atoms with van der Waals surface area (Å²) in [5.74, 6) is 0.685. The number of hydrogen-bond acceptors (Lipinski definition) is 5. The maximum absolute atomic E-state index is 13.7. The van der Waals surface area contributed by atoms with Crippen LogP contribution >= 0.6 is 0 Å². The Morgan fingerprint density at radius 2 is 1.88 bits per heavy atom. The SMILES string of the molecule is COCCC(=O)N1C[C@H]2C[C@H](C1)c1ccc(-c3ccccc3CN3CCOCC3)c(=O)n1C2. The molecule has 0 unspecified atom stereocenters. The average Bonchev–Trinajstić information content (AvgIpc) is 2.84. The highest BCUT2D eigenvalue weighted by Crippen LogP contribution is 2.36. The third kappa shape index (κ3) is 4.63. The number of carbonyl (C=O) groups is 1. The number of amides is 1. The van der Waals surface area contributed by atoms with Crippen LogP contribution in [-0.2, 0) is 27.4 Å².